The molecule has 124 valence electrons. The van der Waals surface area contributed by atoms with Gasteiger partial charge >= 0.3 is 0 Å². The fourth-order valence-electron chi connectivity index (χ4n) is 2.56. The number of nitrogens with zero attached hydrogens (tertiary/aromatic N) is 2. The third kappa shape index (κ3) is 3.61. The van der Waals surface area contributed by atoms with Crippen LogP contribution in [0.25, 0.3) is 11.0 Å². The zero-order chi connectivity index (χ0) is 17.1. The second-order valence-corrected chi connectivity index (χ2v) is 6.01. The number of aromatic amines is 1. The van der Waals surface area contributed by atoms with Gasteiger partial charge in [0, 0.05) is 17.8 Å². The van der Waals surface area contributed by atoms with Gasteiger partial charge in [0.1, 0.15) is 5.82 Å². The van der Waals surface area contributed by atoms with Crippen LogP contribution < -0.4 is 11.1 Å². The molecule has 1 amide bonds. The maximum absolute atomic E-state index is 12.4. The lowest BCUT2D eigenvalue weighted by Crippen LogP contribution is -2.12. The summed E-state index contributed by atoms with van der Waals surface area (Å²) in [5, 5.41) is 2.91. The van der Waals surface area contributed by atoms with Crippen LogP contribution in [-0.4, -0.2) is 34.9 Å². The van der Waals surface area contributed by atoms with Crippen LogP contribution in [0.1, 0.15) is 21.7 Å². The molecule has 0 atom stereocenters. The molecule has 3 rings (SSSR count). The Morgan fingerprint density at radius 2 is 2.08 bits per heavy atom. The predicted octanol–water partition coefficient (Wildman–Crippen LogP) is 2.34. The number of nitrogens with two attached hydrogens (primary N) is 1. The third-order valence-corrected chi connectivity index (χ3v) is 3.68. The number of fused-ring (bicyclic) bond motifs is 1. The van der Waals surface area contributed by atoms with Crippen molar-refractivity contribution in [1.29, 1.82) is 0 Å². The molecule has 1 aromatic heterocycles. The Hall–Kier alpha value is -2.70. The van der Waals surface area contributed by atoms with Crippen LogP contribution >= 0.6 is 0 Å². The van der Waals surface area contributed by atoms with E-state index < -0.39 is 0 Å². The number of hydrogen-bond donors (Lipinski definition) is 3. The summed E-state index contributed by atoms with van der Waals surface area (Å²) in [7, 11) is 3.99. The minimum atomic E-state index is -0.155. The highest BCUT2D eigenvalue weighted by Crippen LogP contribution is 2.18. The average Bonchev–Trinajstić information content (AvgIpc) is 2.95. The zero-order valence-electron chi connectivity index (χ0n) is 13.8. The lowest BCUT2D eigenvalue weighted by atomic mass is 10.1. The van der Waals surface area contributed by atoms with Gasteiger partial charge in [0.05, 0.1) is 17.6 Å². The number of H-pyrrole nitrogens is 1. The number of nitrogens with one attached hydrogen (secondary N) is 2. The normalized spacial score (nSPS) is 11.2. The number of anilines is 1. The van der Waals surface area contributed by atoms with E-state index in [-0.39, 0.29) is 5.91 Å². The van der Waals surface area contributed by atoms with Gasteiger partial charge in [-0.2, -0.15) is 0 Å². The van der Waals surface area contributed by atoms with Gasteiger partial charge in [-0.3, -0.25) is 4.79 Å². The van der Waals surface area contributed by atoms with E-state index in [1.807, 2.05) is 49.3 Å². The van der Waals surface area contributed by atoms with Gasteiger partial charge in [0.15, 0.2) is 0 Å². The first-order chi connectivity index (χ1) is 11.5. The summed E-state index contributed by atoms with van der Waals surface area (Å²) in [6, 6.07) is 13.0. The number of amides is 1. The number of imidazole rings is 1. The lowest BCUT2D eigenvalue weighted by molar-refractivity contribution is 0.102. The average molecular weight is 323 g/mol. The van der Waals surface area contributed by atoms with Crippen LogP contribution in [0, 0.1) is 0 Å². The fourth-order valence-corrected chi connectivity index (χ4v) is 2.56. The molecule has 3 aromatic rings. The summed E-state index contributed by atoms with van der Waals surface area (Å²) in [5.74, 6) is 0.742. The number of carbonyl (C=O) groups excluding carboxylic acids is 1. The van der Waals surface area contributed by atoms with E-state index in [1.54, 1.807) is 12.1 Å². The van der Waals surface area contributed by atoms with Crippen LogP contribution in [0.5, 0.6) is 0 Å². The number of hydrogen-bond acceptors (Lipinski definition) is 4. The quantitative estimate of drug-likeness (QED) is 0.672. The zero-order valence-corrected chi connectivity index (χ0v) is 13.8. The summed E-state index contributed by atoms with van der Waals surface area (Å²) in [6.45, 7) is 1.15. The van der Waals surface area contributed by atoms with E-state index in [0.717, 1.165) is 34.7 Å². The second kappa shape index (κ2) is 6.82. The molecule has 0 bridgehead atoms. The van der Waals surface area contributed by atoms with Gasteiger partial charge in [-0.1, -0.05) is 12.1 Å². The van der Waals surface area contributed by atoms with Gasteiger partial charge in [-0.05, 0) is 50.0 Å². The Morgan fingerprint density at radius 1 is 1.25 bits per heavy atom. The molecule has 6 nitrogen and oxygen atoms in total. The number of benzene rings is 2. The molecular formula is C18H21N5O. The molecule has 0 saturated heterocycles. The molecule has 0 aliphatic rings. The summed E-state index contributed by atoms with van der Waals surface area (Å²) in [6.07, 6.45) is 0. The van der Waals surface area contributed by atoms with Gasteiger partial charge in [0.2, 0.25) is 0 Å². The molecule has 6 heteroatoms. The van der Waals surface area contributed by atoms with Crippen molar-refractivity contribution in [3.8, 4) is 0 Å². The molecular weight excluding hydrogens is 302 g/mol. The van der Waals surface area contributed by atoms with E-state index >= 15 is 0 Å². The molecule has 0 unspecified atom stereocenters. The molecule has 0 saturated carbocycles. The molecule has 2 aromatic carbocycles. The van der Waals surface area contributed by atoms with E-state index in [0.29, 0.717) is 12.1 Å². The SMILES string of the molecule is CN(C)Cc1nc2ccc(NC(=O)c3cccc(CN)c3)cc2[nH]1. The molecule has 0 spiro atoms. The first-order valence-electron chi connectivity index (χ1n) is 7.79. The number of rotatable bonds is 5. The molecule has 0 aliphatic heterocycles. The van der Waals surface area contributed by atoms with Crippen molar-refractivity contribution in [2.24, 2.45) is 5.73 Å². The van der Waals surface area contributed by atoms with Crippen LogP contribution in [0.2, 0.25) is 0 Å². The van der Waals surface area contributed by atoms with Crippen molar-refractivity contribution in [3.05, 3.63) is 59.4 Å². The van der Waals surface area contributed by atoms with Crippen molar-refractivity contribution in [3.63, 3.8) is 0 Å². The largest absolute Gasteiger partial charge is 0.341 e. The lowest BCUT2D eigenvalue weighted by Gasteiger charge is -2.06. The first-order valence-corrected chi connectivity index (χ1v) is 7.79. The molecule has 24 heavy (non-hydrogen) atoms. The fraction of sp³-hybridized carbons (Fsp3) is 0.222. The predicted molar refractivity (Wildman–Crippen MR) is 95.8 cm³/mol. The Bertz CT molecular complexity index is 869. The molecule has 4 N–H and O–H groups in total. The first kappa shape index (κ1) is 16.2. The summed E-state index contributed by atoms with van der Waals surface area (Å²) < 4.78 is 0. The van der Waals surface area contributed by atoms with E-state index in [9.17, 15) is 4.79 Å². The van der Waals surface area contributed by atoms with Crippen LogP contribution in [-0.2, 0) is 13.1 Å². The topological polar surface area (TPSA) is 87.0 Å². The van der Waals surface area contributed by atoms with Crippen molar-refractivity contribution < 1.29 is 4.79 Å². The minimum absolute atomic E-state index is 0.155. The Morgan fingerprint density at radius 3 is 2.83 bits per heavy atom. The molecule has 0 fully saturated rings. The maximum atomic E-state index is 12.4. The summed E-state index contributed by atoms with van der Waals surface area (Å²) >= 11 is 0. The Kier molecular flexibility index (Phi) is 4.59. The monoisotopic (exact) mass is 323 g/mol. The second-order valence-electron chi connectivity index (χ2n) is 6.01. The van der Waals surface area contributed by atoms with E-state index in [1.165, 1.54) is 0 Å². The number of aromatic nitrogens is 2. The van der Waals surface area contributed by atoms with Crippen LogP contribution in [0.4, 0.5) is 5.69 Å². The van der Waals surface area contributed by atoms with Gasteiger partial charge in [-0.15, -0.1) is 0 Å². The smallest absolute Gasteiger partial charge is 0.255 e. The highest BCUT2D eigenvalue weighted by atomic mass is 16.1. The third-order valence-electron chi connectivity index (χ3n) is 3.68. The standard InChI is InChI=1S/C18H21N5O/c1-23(2)11-17-21-15-7-6-14(9-16(15)22-17)20-18(24)13-5-3-4-12(8-13)10-19/h3-9H,10-11,19H2,1-2H3,(H,20,24)(H,21,22). The van der Waals surface area contributed by atoms with Gasteiger partial charge in [-0.25, -0.2) is 4.98 Å². The highest BCUT2D eigenvalue weighted by molar-refractivity contribution is 6.05. The molecule has 0 aliphatic carbocycles. The van der Waals surface area contributed by atoms with Crippen molar-refractivity contribution in [2.75, 3.05) is 19.4 Å². The van der Waals surface area contributed by atoms with E-state index in [4.69, 9.17) is 5.73 Å². The maximum Gasteiger partial charge on any atom is 0.255 e. The Balaban J connectivity index is 1.80. The van der Waals surface area contributed by atoms with Crippen LogP contribution in [0.15, 0.2) is 42.5 Å². The molecule has 0 radical (unpaired) electrons. The van der Waals surface area contributed by atoms with Crippen molar-refractivity contribution in [2.45, 2.75) is 13.1 Å². The van der Waals surface area contributed by atoms with Gasteiger partial charge in [0.25, 0.3) is 5.91 Å². The van der Waals surface area contributed by atoms with Crippen molar-refractivity contribution >= 4 is 22.6 Å². The Labute approximate surface area is 140 Å². The molecule has 1 heterocycles. The minimum Gasteiger partial charge on any atom is -0.341 e. The van der Waals surface area contributed by atoms with Crippen LogP contribution in [0.3, 0.4) is 0 Å². The highest BCUT2D eigenvalue weighted by Gasteiger charge is 2.09. The van der Waals surface area contributed by atoms with Crippen molar-refractivity contribution in [1.82, 2.24) is 14.9 Å². The number of carbonyl (C=O) groups is 1. The summed E-state index contributed by atoms with van der Waals surface area (Å²) in [4.78, 5) is 22.2. The van der Waals surface area contributed by atoms with Gasteiger partial charge < -0.3 is 20.9 Å². The van der Waals surface area contributed by atoms with E-state index in [2.05, 4.69) is 15.3 Å². The summed E-state index contributed by atoms with van der Waals surface area (Å²) in [5.41, 5.74) is 9.66.